The van der Waals surface area contributed by atoms with E-state index in [9.17, 15) is 0 Å². The van der Waals surface area contributed by atoms with Crippen molar-refractivity contribution in [3.63, 3.8) is 0 Å². The smallest absolute Gasteiger partial charge is 0.141 e. The first-order valence-electron chi connectivity index (χ1n) is 6.70. The Morgan fingerprint density at radius 2 is 2.20 bits per heavy atom. The van der Waals surface area contributed by atoms with Gasteiger partial charge in [-0.2, -0.15) is 0 Å². The second kappa shape index (κ2) is 7.27. The summed E-state index contributed by atoms with van der Waals surface area (Å²) in [6.07, 6.45) is 4.40. The van der Waals surface area contributed by atoms with E-state index in [1.54, 1.807) is 19.5 Å². The summed E-state index contributed by atoms with van der Waals surface area (Å²) in [6, 6.07) is 10.1. The first-order chi connectivity index (χ1) is 9.74. The van der Waals surface area contributed by atoms with Crippen LogP contribution < -0.4 is 10.1 Å². The van der Waals surface area contributed by atoms with Crippen molar-refractivity contribution in [2.45, 2.75) is 19.4 Å². The van der Waals surface area contributed by atoms with Crippen molar-refractivity contribution in [1.82, 2.24) is 10.3 Å². The van der Waals surface area contributed by atoms with Crippen LogP contribution in [0, 0.1) is 0 Å². The number of likely N-dealkylation sites (N-methyl/N-ethyl adjacent to an activating group) is 1. The lowest BCUT2D eigenvalue weighted by Crippen LogP contribution is -2.23. The first kappa shape index (κ1) is 14.8. The number of rotatable bonds is 6. The summed E-state index contributed by atoms with van der Waals surface area (Å²) in [4.78, 5) is 4.11. The fourth-order valence-electron chi connectivity index (χ4n) is 2.29. The maximum atomic E-state index is 6.05. The highest BCUT2D eigenvalue weighted by Crippen LogP contribution is 2.27. The summed E-state index contributed by atoms with van der Waals surface area (Å²) in [5.41, 5.74) is 2.31. The van der Waals surface area contributed by atoms with Crippen molar-refractivity contribution >= 4 is 11.6 Å². The maximum Gasteiger partial charge on any atom is 0.141 e. The van der Waals surface area contributed by atoms with E-state index in [1.165, 1.54) is 5.56 Å². The van der Waals surface area contributed by atoms with Crippen LogP contribution in [0.5, 0.6) is 5.75 Å². The van der Waals surface area contributed by atoms with Gasteiger partial charge in [0.25, 0.3) is 0 Å². The number of methoxy groups -OCH3 is 1. The van der Waals surface area contributed by atoms with Gasteiger partial charge in [-0.15, -0.1) is 0 Å². The summed E-state index contributed by atoms with van der Waals surface area (Å²) in [5, 5.41) is 4.25. The summed E-state index contributed by atoms with van der Waals surface area (Å²) in [6.45, 7) is 2.98. The zero-order valence-electron chi connectivity index (χ0n) is 11.8. The number of hydrogen-bond donors (Lipinski definition) is 1. The molecule has 1 aromatic heterocycles. The normalized spacial score (nSPS) is 12.2. The monoisotopic (exact) mass is 290 g/mol. The Kier molecular flexibility index (Phi) is 5.39. The number of pyridine rings is 1. The largest absolute Gasteiger partial charge is 0.495 e. The maximum absolute atomic E-state index is 6.05. The molecule has 1 unspecified atom stereocenters. The van der Waals surface area contributed by atoms with Crippen LogP contribution in [0.1, 0.15) is 24.1 Å². The van der Waals surface area contributed by atoms with Crippen LogP contribution in [-0.4, -0.2) is 18.6 Å². The van der Waals surface area contributed by atoms with Crippen molar-refractivity contribution < 1.29 is 4.74 Å². The topological polar surface area (TPSA) is 34.2 Å². The summed E-state index contributed by atoms with van der Waals surface area (Å²) >= 11 is 6.05. The van der Waals surface area contributed by atoms with Gasteiger partial charge < -0.3 is 10.1 Å². The van der Waals surface area contributed by atoms with Crippen LogP contribution in [0.3, 0.4) is 0 Å². The van der Waals surface area contributed by atoms with Crippen LogP contribution >= 0.6 is 11.6 Å². The molecule has 0 bridgehead atoms. The molecule has 20 heavy (non-hydrogen) atoms. The summed E-state index contributed by atoms with van der Waals surface area (Å²) in [7, 11) is 1.67. The highest BCUT2D eigenvalue weighted by molar-refractivity contribution is 6.30. The van der Waals surface area contributed by atoms with Gasteiger partial charge in [0, 0.05) is 22.8 Å². The highest BCUT2D eigenvalue weighted by atomic mass is 35.5. The average Bonchev–Trinajstić information content (AvgIpc) is 2.47. The molecule has 0 saturated heterocycles. The zero-order chi connectivity index (χ0) is 14.4. The third-order valence-electron chi connectivity index (χ3n) is 3.19. The molecule has 0 amide bonds. The van der Waals surface area contributed by atoms with Crippen molar-refractivity contribution in [1.29, 1.82) is 0 Å². The number of nitrogens with zero attached hydrogens (tertiary/aromatic N) is 1. The molecule has 1 heterocycles. The Labute approximate surface area is 124 Å². The average molecular weight is 291 g/mol. The Balaban J connectivity index is 2.26. The molecule has 0 aliphatic rings. The number of nitrogens with one attached hydrogen (secondary N) is 1. The van der Waals surface area contributed by atoms with Gasteiger partial charge in [0.15, 0.2) is 0 Å². The summed E-state index contributed by atoms with van der Waals surface area (Å²) in [5.74, 6) is 0.806. The minimum atomic E-state index is 0.177. The van der Waals surface area contributed by atoms with Gasteiger partial charge >= 0.3 is 0 Å². The Morgan fingerprint density at radius 1 is 1.35 bits per heavy atom. The minimum Gasteiger partial charge on any atom is -0.495 e. The predicted molar refractivity (Wildman–Crippen MR) is 82.4 cm³/mol. The molecule has 0 radical (unpaired) electrons. The van der Waals surface area contributed by atoms with Crippen LogP contribution in [0.25, 0.3) is 0 Å². The molecule has 2 aromatic rings. The fourth-order valence-corrected chi connectivity index (χ4v) is 2.50. The van der Waals surface area contributed by atoms with Gasteiger partial charge in [-0.1, -0.05) is 30.7 Å². The molecule has 0 aliphatic carbocycles. The molecule has 3 nitrogen and oxygen atoms in total. The van der Waals surface area contributed by atoms with Gasteiger partial charge in [-0.25, -0.2) is 0 Å². The molecular weight excluding hydrogens is 272 g/mol. The quantitative estimate of drug-likeness (QED) is 0.882. The Morgan fingerprint density at radius 3 is 2.90 bits per heavy atom. The van der Waals surface area contributed by atoms with E-state index in [4.69, 9.17) is 16.3 Å². The third-order valence-corrected chi connectivity index (χ3v) is 3.43. The number of hydrogen-bond acceptors (Lipinski definition) is 3. The van der Waals surface area contributed by atoms with Crippen LogP contribution in [0.2, 0.25) is 5.02 Å². The van der Waals surface area contributed by atoms with Crippen molar-refractivity contribution in [2.75, 3.05) is 13.7 Å². The third kappa shape index (κ3) is 3.71. The van der Waals surface area contributed by atoms with E-state index >= 15 is 0 Å². The molecule has 1 N–H and O–H groups in total. The van der Waals surface area contributed by atoms with E-state index in [2.05, 4.69) is 23.3 Å². The van der Waals surface area contributed by atoms with Gasteiger partial charge in [-0.05, 0) is 36.7 Å². The van der Waals surface area contributed by atoms with Gasteiger partial charge in [0.1, 0.15) is 5.75 Å². The zero-order valence-corrected chi connectivity index (χ0v) is 12.5. The fraction of sp³-hybridized carbons (Fsp3) is 0.312. The molecule has 2 rings (SSSR count). The van der Waals surface area contributed by atoms with E-state index in [-0.39, 0.29) is 6.04 Å². The molecule has 0 aliphatic heterocycles. The molecule has 4 heteroatoms. The number of ether oxygens (including phenoxy) is 1. The highest BCUT2D eigenvalue weighted by Gasteiger charge is 2.15. The van der Waals surface area contributed by atoms with Gasteiger partial charge in [-0.3, -0.25) is 4.98 Å². The van der Waals surface area contributed by atoms with Gasteiger partial charge in [0.2, 0.25) is 0 Å². The lowest BCUT2D eigenvalue weighted by molar-refractivity contribution is 0.397. The molecule has 1 atom stereocenters. The Bertz CT molecular complexity index is 560. The van der Waals surface area contributed by atoms with Crippen LogP contribution in [0.15, 0.2) is 42.7 Å². The number of benzene rings is 1. The molecule has 106 valence electrons. The second-order valence-electron chi connectivity index (χ2n) is 4.56. The number of halogens is 1. The molecular formula is C16H19ClN2O. The van der Waals surface area contributed by atoms with E-state index in [0.29, 0.717) is 0 Å². The minimum absolute atomic E-state index is 0.177. The van der Waals surface area contributed by atoms with Crippen molar-refractivity contribution in [3.8, 4) is 5.75 Å². The lowest BCUT2D eigenvalue weighted by Gasteiger charge is -2.20. The van der Waals surface area contributed by atoms with Crippen LogP contribution in [-0.2, 0) is 6.42 Å². The molecule has 0 saturated carbocycles. The van der Waals surface area contributed by atoms with E-state index < -0.39 is 0 Å². The van der Waals surface area contributed by atoms with Crippen molar-refractivity contribution in [2.24, 2.45) is 0 Å². The Hall–Kier alpha value is -1.58. The SMILES string of the molecule is CCNC(Cc1cccc(Cl)c1)c1ccncc1OC. The van der Waals surface area contributed by atoms with E-state index in [1.807, 2.05) is 24.3 Å². The summed E-state index contributed by atoms with van der Waals surface area (Å²) < 4.78 is 5.41. The standard InChI is InChI=1S/C16H19ClN2O/c1-3-19-15(10-12-5-4-6-13(17)9-12)14-7-8-18-11-16(14)20-2/h4-9,11,15,19H,3,10H2,1-2H3. The number of aromatic nitrogens is 1. The molecule has 0 spiro atoms. The van der Waals surface area contributed by atoms with Crippen LogP contribution in [0.4, 0.5) is 0 Å². The first-order valence-corrected chi connectivity index (χ1v) is 7.08. The lowest BCUT2D eigenvalue weighted by atomic mass is 9.99. The van der Waals surface area contributed by atoms with Crippen molar-refractivity contribution in [3.05, 3.63) is 58.9 Å². The predicted octanol–water partition coefficient (Wildman–Crippen LogP) is 3.64. The second-order valence-corrected chi connectivity index (χ2v) is 5.00. The van der Waals surface area contributed by atoms with Gasteiger partial charge in [0.05, 0.1) is 13.3 Å². The van der Waals surface area contributed by atoms with E-state index in [0.717, 1.165) is 29.3 Å². The molecule has 0 fully saturated rings. The molecule has 1 aromatic carbocycles.